The van der Waals surface area contributed by atoms with Gasteiger partial charge in [0.25, 0.3) is 0 Å². The van der Waals surface area contributed by atoms with Crippen LogP contribution in [0.15, 0.2) is 47.6 Å². The topological polar surface area (TPSA) is 56.7 Å². The number of hydrogen-bond donors (Lipinski definition) is 1. The van der Waals surface area contributed by atoms with Gasteiger partial charge in [0.2, 0.25) is 0 Å². The zero-order chi connectivity index (χ0) is 29.4. The Hall–Kier alpha value is -2.17. The molecule has 1 N–H and O–H groups in total. The fourth-order valence-electron chi connectivity index (χ4n) is 5.73. The van der Waals surface area contributed by atoms with Crippen molar-refractivity contribution >= 4 is 17.7 Å². The maximum absolute atomic E-state index is 13.3. The largest absolute Gasteiger partial charge is 0.480 e. The Morgan fingerprint density at radius 3 is 2.41 bits per heavy atom. The zero-order valence-electron chi connectivity index (χ0n) is 23.7. The quantitative estimate of drug-likeness (QED) is 0.232. The number of aromatic nitrogens is 1. The van der Waals surface area contributed by atoms with E-state index in [2.05, 4.69) is 21.7 Å². The fraction of sp³-hybridized carbons (Fsp3) is 0.613. The van der Waals surface area contributed by atoms with E-state index in [1.165, 1.54) is 50.9 Å². The van der Waals surface area contributed by atoms with Crippen molar-refractivity contribution in [2.75, 3.05) is 38.5 Å². The van der Waals surface area contributed by atoms with Gasteiger partial charge in [-0.15, -0.1) is 11.8 Å². The van der Waals surface area contributed by atoms with Crippen LogP contribution in [0.3, 0.4) is 0 Å². The van der Waals surface area contributed by atoms with Crippen LogP contribution < -0.4 is 0 Å². The average Bonchev–Trinajstić information content (AvgIpc) is 3.65. The highest BCUT2D eigenvalue weighted by Gasteiger charge is 2.37. The van der Waals surface area contributed by atoms with Crippen molar-refractivity contribution in [3.05, 3.63) is 59.5 Å². The minimum absolute atomic E-state index is 0.214. The summed E-state index contributed by atoms with van der Waals surface area (Å²) in [6.45, 7) is 7.18. The number of rotatable bonds is 10. The van der Waals surface area contributed by atoms with Crippen LogP contribution in [0.2, 0.25) is 0 Å². The number of halogens is 4. The van der Waals surface area contributed by atoms with Crippen LogP contribution in [-0.4, -0.2) is 70.4 Å². The third-order valence-electron chi connectivity index (χ3n) is 8.51. The van der Waals surface area contributed by atoms with E-state index in [9.17, 15) is 27.5 Å². The molecule has 1 saturated carbocycles. The Morgan fingerprint density at radius 1 is 1.07 bits per heavy atom. The second-order valence-electron chi connectivity index (χ2n) is 11.5. The number of nitrogens with zero attached hydrogens (tertiary/aromatic N) is 3. The monoisotopic (exact) mass is 595 g/mol. The minimum atomic E-state index is -4.30. The molecule has 3 aliphatic rings. The first-order chi connectivity index (χ1) is 19.6. The molecule has 41 heavy (non-hydrogen) atoms. The first-order valence-corrected chi connectivity index (χ1v) is 15.7. The van der Waals surface area contributed by atoms with E-state index < -0.39 is 17.7 Å². The smallest absolute Gasteiger partial charge is 0.417 e. The number of likely N-dealkylation sites (tertiary alicyclic amines) is 2. The van der Waals surface area contributed by atoms with Crippen molar-refractivity contribution in [2.24, 2.45) is 11.8 Å². The highest BCUT2D eigenvalue weighted by atomic mass is 32.2. The summed E-state index contributed by atoms with van der Waals surface area (Å²) in [7, 11) is 0. The van der Waals surface area contributed by atoms with E-state index in [4.69, 9.17) is 0 Å². The van der Waals surface area contributed by atoms with Crippen molar-refractivity contribution in [3.63, 3.8) is 0 Å². The number of pyridine rings is 1. The van der Waals surface area contributed by atoms with E-state index in [1.54, 1.807) is 23.9 Å². The van der Waals surface area contributed by atoms with Gasteiger partial charge in [0, 0.05) is 12.7 Å². The summed E-state index contributed by atoms with van der Waals surface area (Å²) >= 11 is 1.55. The molecule has 2 saturated heterocycles. The Bertz CT molecular complexity index is 1110. The molecule has 5 nitrogen and oxygen atoms in total. The molecular weight excluding hydrogens is 554 g/mol. The first-order valence-electron chi connectivity index (χ1n) is 14.7. The zero-order valence-corrected chi connectivity index (χ0v) is 24.5. The summed E-state index contributed by atoms with van der Waals surface area (Å²) in [6.07, 6.45) is 4.22. The summed E-state index contributed by atoms with van der Waals surface area (Å²) in [4.78, 5) is 19.9. The molecule has 0 amide bonds. The van der Waals surface area contributed by atoms with Gasteiger partial charge in [-0.3, -0.25) is 9.69 Å². The van der Waals surface area contributed by atoms with Crippen molar-refractivity contribution in [1.29, 1.82) is 0 Å². The lowest BCUT2D eigenvalue weighted by Gasteiger charge is -2.30. The lowest BCUT2D eigenvalue weighted by Crippen LogP contribution is -2.40. The molecule has 2 unspecified atom stereocenters. The van der Waals surface area contributed by atoms with Gasteiger partial charge in [-0.1, -0.05) is 31.9 Å². The minimum Gasteiger partial charge on any atom is -0.480 e. The first kappa shape index (κ1) is 31.8. The number of hydrogen-bond acceptors (Lipinski definition) is 5. The van der Waals surface area contributed by atoms with Gasteiger partial charge in [0.1, 0.15) is 11.9 Å². The molecule has 0 spiro atoms. The summed E-state index contributed by atoms with van der Waals surface area (Å²) in [5, 5.41) is 10.1. The van der Waals surface area contributed by atoms with Gasteiger partial charge < -0.3 is 10.0 Å². The third-order valence-corrected chi connectivity index (χ3v) is 9.49. The van der Waals surface area contributed by atoms with Gasteiger partial charge in [-0.25, -0.2) is 9.37 Å². The molecule has 10 heteroatoms. The van der Waals surface area contributed by atoms with Crippen molar-refractivity contribution in [1.82, 2.24) is 14.8 Å². The van der Waals surface area contributed by atoms with Crippen LogP contribution in [0.1, 0.15) is 68.9 Å². The van der Waals surface area contributed by atoms with Crippen LogP contribution >= 0.6 is 11.8 Å². The van der Waals surface area contributed by atoms with Crippen LogP contribution in [0.25, 0.3) is 0 Å². The number of piperidine rings is 1. The Balaban J connectivity index is 0.000000189. The number of carbonyl (C=O) groups is 1. The van der Waals surface area contributed by atoms with Crippen LogP contribution in [0.4, 0.5) is 17.6 Å². The molecule has 0 bridgehead atoms. The second-order valence-corrected chi connectivity index (χ2v) is 12.6. The van der Waals surface area contributed by atoms with E-state index in [1.807, 2.05) is 6.07 Å². The lowest BCUT2D eigenvalue weighted by molar-refractivity contribution is -0.143. The van der Waals surface area contributed by atoms with E-state index in [-0.39, 0.29) is 17.8 Å². The van der Waals surface area contributed by atoms with Crippen LogP contribution in [0.5, 0.6) is 0 Å². The Kier molecular flexibility index (Phi) is 11.5. The lowest BCUT2D eigenvalue weighted by atomic mass is 9.94. The number of alkyl halides is 3. The van der Waals surface area contributed by atoms with Gasteiger partial charge in [0.05, 0.1) is 10.6 Å². The average molecular weight is 596 g/mol. The second kappa shape index (κ2) is 14.8. The molecule has 1 aliphatic carbocycles. The highest BCUT2D eigenvalue weighted by Crippen LogP contribution is 2.37. The molecule has 3 heterocycles. The summed E-state index contributed by atoms with van der Waals surface area (Å²) in [6, 6.07) is 8.90. The summed E-state index contributed by atoms with van der Waals surface area (Å²) in [5.41, 5.74) is 0.307. The molecule has 226 valence electrons. The number of aliphatic carboxylic acids is 1. The standard InChI is InChI=1S/C16H20FNO2.C15H21F3N2S/c17-14-3-1-2-12(9-14)13-6-7-18(10-13)15(16(19)20)8-11-4-5-11;1-2-20-8-5-12(6-9-20)7-10-21-14-4-3-13(11-19-14)15(16,17)18/h1-3,9,11,13,15H,4-8,10H2,(H,19,20);3-4,11-12H,2,5-10H2,1H3. The maximum Gasteiger partial charge on any atom is 0.417 e. The maximum atomic E-state index is 13.3. The van der Waals surface area contributed by atoms with E-state index in [0.29, 0.717) is 10.9 Å². The molecule has 2 aromatic rings. The number of carboxylic acids is 1. The Morgan fingerprint density at radius 2 is 1.83 bits per heavy atom. The molecular formula is C31H41F4N3O2S. The molecule has 2 atom stereocenters. The van der Waals surface area contributed by atoms with E-state index in [0.717, 1.165) is 68.4 Å². The van der Waals surface area contributed by atoms with Crippen molar-refractivity contribution < 1.29 is 27.5 Å². The Labute approximate surface area is 244 Å². The molecule has 1 aromatic heterocycles. The van der Waals surface area contributed by atoms with E-state index >= 15 is 0 Å². The molecule has 0 radical (unpaired) electrons. The molecule has 1 aromatic carbocycles. The highest BCUT2D eigenvalue weighted by molar-refractivity contribution is 7.99. The van der Waals surface area contributed by atoms with Gasteiger partial charge in [-0.05, 0) is 112 Å². The van der Waals surface area contributed by atoms with Gasteiger partial charge in [0.15, 0.2) is 0 Å². The van der Waals surface area contributed by atoms with Gasteiger partial charge >= 0.3 is 12.1 Å². The van der Waals surface area contributed by atoms with Crippen molar-refractivity contribution in [2.45, 2.75) is 75.0 Å². The number of carboxylic acid groups (broad SMARTS) is 1. The predicted molar refractivity (Wildman–Crippen MR) is 154 cm³/mol. The third kappa shape index (κ3) is 9.96. The van der Waals surface area contributed by atoms with Crippen LogP contribution in [0, 0.1) is 17.7 Å². The number of benzene rings is 1. The van der Waals surface area contributed by atoms with Gasteiger partial charge in [-0.2, -0.15) is 13.2 Å². The SMILES string of the molecule is CCN1CCC(CCSc2ccc(C(F)(F)F)cn2)CC1.O=C(O)C(CC1CC1)N1CCC(c2cccc(F)c2)C1. The summed E-state index contributed by atoms with van der Waals surface area (Å²) < 4.78 is 50.6. The molecule has 2 aliphatic heterocycles. The van der Waals surface area contributed by atoms with Crippen molar-refractivity contribution in [3.8, 4) is 0 Å². The fourth-order valence-corrected chi connectivity index (χ4v) is 6.69. The predicted octanol–water partition coefficient (Wildman–Crippen LogP) is 7.18. The van der Waals surface area contributed by atoms with Crippen LogP contribution in [-0.2, 0) is 11.0 Å². The normalized spacial score (nSPS) is 21.3. The number of thioether (sulfide) groups is 1. The molecule has 3 fully saturated rings. The summed E-state index contributed by atoms with van der Waals surface area (Å²) in [5.74, 6) is 1.60. The molecule has 5 rings (SSSR count).